The molecule has 2 unspecified atom stereocenters. The van der Waals surface area contributed by atoms with E-state index < -0.39 is 40.1 Å². The Morgan fingerprint density at radius 2 is 2.00 bits per heavy atom. The number of nitro benzene ring substituents is 1. The van der Waals surface area contributed by atoms with E-state index in [0.717, 1.165) is 17.8 Å². The second kappa shape index (κ2) is 7.75. The first-order valence-corrected chi connectivity index (χ1v) is 7.37. The van der Waals surface area contributed by atoms with E-state index in [1.54, 1.807) is 0 Å². The lowest BCUT2D eigenvalue weighted by Crippen LogP contribution is -2.20. The minimum Gasteiger partial charge on any atom is -0.390 e. The molecule has 0 saturated carbocycles. The number of rotatable bonds is 6. The van der Waals surface area contributed by atoms with E-state index >= 15 is 0 Å². The van der Waals surface area contributed by atoms with Gasteiger partial charge in [-0.25, -0.2) is 0 Å². The molecule has 0 heterocycles. The van der Waals surface area contributed by atoms with Crippen LogP contribution in [0.3, 0.4) is 0 Å². The SMILES string of the molecule is CC(=O)SCCC(O)C(O)c1ccc(C(F)(F)F)cc1[N+](=O)[O-]. The van der Waals surface area contributed by atoms with E-state index in [0.29, 0.717) is 12.1 Å². The molecule has 0 fully saturated rings. The number of carbonyl (C=O) groups excluding carboxylic acids is 1. The molecule has 0 aliphatic rings. The van der Waals surface area contributed by atoms with Crippen molar-refractivity contribution in [2.45, 2.75) is 31.7 Å². The minimum absolute atomic E-state index is 0.0520. The summed E-state index contributed by atoms with van der Waals surface area (Å²) in [6, 6.07) is 1.69. The third-order valence-corrected chi connectivity index (χ3v) is 3.80. The fraction of sp³-hybridized carbons (Fsp3) is 0.462. The number of halogens is 3. The Balaban J connectivity index is 3.01. The zero-order valence-electron chi connectivity index (χ0n) is 11.9. The summed E-state index contributed by atoms with van der Waals surface area (Å²) in [5.41, 5.74) is -2.56. The van der Waals surface area contributed by atoms with Crippen LogP contribution in [-0.4, -0.2) is 32.1 Å². The number of aliphatic hydroxyl groups is 2. The normalized spacial score (nSPS) is 14.3. The zero-order chi connectivity index (χ0) is 17.8. The van der Waals surface area contributed by atoms with Gasteiger partial charge in [-0.2, -0.15) is 13.2 Å². The van der Waals surface area contributed by atoms with E-state index in [4.69, 9.17) is 0 Å². The van der Waals surface area contributed by atoms with Crippen LogP contribution in [0.5, 0.6) is 0 Å². The predicted octanol–water partition coefficient (Wildman–Crippen LogP) is 2.68. The number of nitro groups is 1. The number of benzene rings is 1. The zero-order valence-corrected chi connectivity index (χ0v) is 12.7. The second-order valence-electron chi connectivity index (χ2n) is 4.67. The van der Waals surface area contributed by atoms with Crippen molar-refractivity contribution < 1.29 is 33.1 Å². The molecular formula is C13H14F3NO5S. The molecule has 10 heteroatoms. The Bertz CT molecular complexity index is 593. The lowest BCUT2D eigenvalue weighted by atomic mass is 9.99. The summed E-state index contributed by atoms with van der Waals surface area (Å²) < 4.78 is 37.8. The summed E-state index contributed by atoms with van der Waals surface area (Å²) >= 11 is 0.896. The molecule has 128 valence electrons. The predicted molar refractivity (Wildman–Crippen MR) is 76.8 cm³/mol. The average Bonchev–Trinajstić information content (AvgIpc) is 2.44. The van der Waals surface area contributed by atoms with Crippen LogP contribution in [0, 0.1) is 10.1 Å². The first kappa shape index (κ1) is 19.4. The molecule has 2 atom stereocenters. The van der Waals surface area contributed by atoms with Crippen LogP contribution in [0.1, 0.15) is 30.6 Å². The third kappa shape index (κ3) is 5.48. The third-order valence-electron chi connectivity index (χ3n) is 2.96. The van der Waals surface area contributed by atoms with Crippen molar-refractivity contribution in [3.05, 3.63) is 39.4 Å². The highest BCUT2D eigenvalue weighted by Gasteiger charge is 2.34. The molecule has 0 aliphatic heterocycles. The molecule has 1 rings (SSSR count). The highest BCUT2D eigenvalue weighted by molar-refractivity contribution is 8.13. The van der Waals surface area contributed by atoms with Crippen molar-refractivity contribution in [2.24, 2.45) is 0 Å². The summed E-state index contributed by atoms with van der Waals surface area (Å²) in [5, 5.41) is 30.5. The van der Waals surface area contributed by atoms with E-state index in [1.807, 2.05) is 0 Å². The van der Waals surface area contributed by atoms with Gasteiger partial charge in [0.15, 0.2) is 5.12 Å². The Labute approximate surface area is 133 Å². The molecule has 0 radical (unpaired) electrons. The minimum atomic E-state index is -4.76. The molecule has 23 heavy (non-hydrogen) atoms. The fourth-order valence-electron chi connectivity index (χ4n) is 1.82. The fourth-order valence-corrected chi connectivity index (χ4v) is 2.46. The first-order chi connectivity index (χ1) is 10.5. The molecule has 6 nitrogen and oxygen atoms in total. The van der Waals surface area contributed by atoms with Crippen LogP contribution in [0.4, 0.5) is 18.9 Å². The van der Waals surface area contributed by atoms with Crippen molar-refractivity contribution in [3.63, 3.8) is 0 Å². The Morgan fingerprint density at radius 1 is 1.39 bits per heavy atom. The van der Waals surface area contributed by atoms with Gasteiger partial charge in [-0.05, 0) is 18.6 Å². The quantitative estimate of drug-likeness (QED) is 0.602. The first-order valence-electron chi connectivity index (χ1n) is 6.39. The number of thioether (sulfide) groups is 1. The van der Waals surface area contributed by atoms with Crippen molar-refractivity contribution in [3.8, 4) is 0 Å². The van der Waals surface area contributed by atoms with Crippen LogP contribution in [0.2, 0.25) is 0 Å². The maximum atomic E-state index is 12.6. The Kier molecular flexibility index (Phi) is 6.54. The highest BCUT2D eigenvalue weighted by atomic mass is 32.2. The van der Waals surface area contributed by atoms with Crippen LogP contribution >= 0.6 is 11.8 Å². The van der Waals surface area contributed by atoms with Gasteiger partial charge in [-0.1, -0.05) is 11.8 Å². The molecule has 1 aromatic rings. The molecule has 0 bridgehead atoms. The van der Waals surface area contributed by atoms with Crippen LogP contribution < -0.4 is 0 Å². The Hall–Kier alpha value is -1.65. The summed E-state index contributed by atoms with van der Waals surface area (Å²) in [4.78, 5) is 20.6. The van der Waals surface area contributed by atoms with Crippen LogP contribution in [0.15, 0.2) is 18.2 Å². The topological polar surface area (TPSA) is 101 Å². The van der Waals surface area contributed by atoms with E-state index in [-0.39, 0.29) is 17.3 Å². The maximum absolute atomic E-state index is 12.6. The van der Waals surface area contributed by atoms with Gasteiger partial charge in [-0.15, -0.1) is 0 Å². The van der Waals surface area contributed by atoms with E-state index in [1.165, 1.54) is 6.92 Å². The number of aliphatic hydroxyl groups excluding tert-OH is 2. The number of alkyl halides is 3. The molecule has 0 aromatic heterocycles. The monoisotopic (exact) mass is 353 g/mol. The largest absolute Gasteiger partial charge is 0.416 e. The van der Waals surface area contributed by atoms with Crippen LogP contribution in [0.25, 0.3) is 0 Å². The molecule has 0 saturated heterocycles. The molecule has 2 N–H and O–H groups in total. The van der Waals surface area contributed by atoms with Gasteiger partial charge >= 0.3 is 6.18 Å². The van der Waals surface area contributed by atoms with E-state index in [9.17, 15) is 38.3 Å². The van der Waals surface area contributed by atoms with Gasteiger partial charge in [0, 0.05) is 18.7 Å². The van der Waals surface area contributed by atoms with Gasteiger partial charge < -0.3 is 10.2 Å². The molecule has 0 aliphatic carbocycles. The smallest absolute Gasteiger partial charge is 0.390 e. The van der Waals surface area contributed by atoms with Gasteiger partial charge in [0.05, 0.1) is 22.2 Å². The second-order valence-corrected chi connectivity index (χ2v) is 5.94. The Morgan fingerprint density at radius 3 is 2.48 bits per heavy atom. The highest BCUT2D eigenvalue weighted by Crippen LogP contribution is 2.36. The van der Waals surface area contributed by atoms with E-state index in [2.05, 4.69) is 0 Å². The average molecular weight is 353 g/mol. The van der Waals surface area contributed by atoms with Crippen molar-refractivity contribution >= 4 is 22.6 Å². The number of hydrogen-bond acceptors (Lipinski definition) is 6. The number of nitrogens with zero attached hydrogens (tertiary/aromatic N) is 1. The van der Waals surface area contributed by atoms with Gasteiger partial charge in [0.25, 0.3) is 5.69 Å². The molecule has 0 spiro atoms. The summed E-state index contributed by atoms with van der Waals surface area (Å²) in [5.74, 6) is 0.169. The summed E-state index contributed by atoms with van der Waals surface area (Å²) in [6.45, 7) is 1.31. The number of hydrogen-bond donors (Lipinski definition) is 2. The molecule has 1 aromatic carbocycles. The summed E-state index contributed by atoms with van der Waals surface area (Å²) in [7, 11) is 0. The maximum Gasteiger partial charge on any atom is 0.416 e. The molecular weight excluding hydrogens is 339 g/mol. The van der Waals surface area contributed by atoms with Gasteiger partial charge in [0.2, 0.25) is 0 Å². The van der Waals surface area contributed by atoms with Crippen molar-refractivity contribution in [1.29, 1.82) is 0 Å². The van der Waals surface area contributed by atoms with Gasteiger partial charge in [0.1, 0.15) is 6.10 Å². The number of carbonyl (C=O) groups is 1. The van der Waals surface area contributed by atoms with Crippen molar-refractivity contribution in [2.75, 3.05) is 5.75 Å². The lowest BCUT2D eigenvalue weighted by Gasteiger charge is -2.18. The van der Waals surface area contributed by atoms with Gasteiger partial charge in [-0.3, -0.25) is 14.9 Å². The lowest BCUT2D eigenvalue weighted by molar-refractivity contribution is -0.386. The molecule has 0 amide bonds. The van der Waals surface area contributed by atoms with Crippen molar-refractivity contribution in [1.82, 2.24) is 0 Å². The van der Waals surface area contributed by atoms with Crippen LogP contribution in [-0.2, 0) is 11.0 Å². The standard InChI is InChI=1S/C13H14F3NO5S/c1-7(18)23-5-4-11(19)12(20)9-3-2-8(13(14,15)16)6-10(9)17(21)22/h2-3,6,11-12,19-20H,4-5H2,1H3. The summed E-state index contributed by atoms with van der Waals surface area (Å²) in [6.07, 6.45) is -7.99.